The van der Waals surface area contributed by atoms with E-state index >= 15 is 0 Å². The van der Waals surface area contributed by atoms with E-state index in [4.69, 9.17) is 4.74 Å². The lowest BCUT2D eigenvalue weighted by Gasteiger charge is -2.12. The highest BCUT2D eigenvalue weighted by Crippen LogP contribution is 2.35. The molecule has 2 nitrogen and oxygen atoms in total. The monoisotopic (exact) mass is 330 g/mol. The van der Waals surface area contributed by atoms with Crippen molar-refractivity contribution in [1.29, 1.82) is 0 Å². The molecule has 3 rings (SSSR count). The molecular weight excluding hydrogens is 317 g/mol. The summed E-state index contributed by atoms with van der Waals surface area (Å²) in [5.74, 6) is 0.983. The van der Waals surface area contributed by atoms with Crippen molar-refractivity contribution in [2.45, 2.75) is 6.18 Å². The van der Waals surface area contributed by atoms with Gasteiger partial charge in [-0.15, -0.1) is 0 Å². The molecule has 3 aromatic carbocycles. The van der Waals surface area contributed by atoms with E-state index in [1.807, 2.05) is 12.1 Å². The third-order valence-electron chi connectivity index (χ3n) is 3.47. The quantitative estimate of drug-likeness (QED) is 0.651. The lowest BCUT2D eigenvalue weighted by molar-refractivity contribution is -0.137. The zero-order valence-corrected chi connectivity index (χ0v) is 12.4. The van der Waals surface area contributed by atoms with Crippen molar-refractivity contribution in [1.82, 2.24) is 0 Å². The van der Waals surface area contributed by atoms with Gasteiger partial charge in [-0.05, 0) is 48.0 Å². The highest BCUT2D eigenvalue weighted by molar-refractivity contribution is 5.71. The number of rotatable bonds is 3. The van der Waals surface area contributed by atoms with E-state index < -0.39 is 11.7 Å². The summed E-state index contributed by atoms with van der Waals surface area (Å²) in [5.41, 5.74) is 0.884. The molecule has 0 saturated heterocycles. The van der Waals surface area contributed by atoms with Crippen LogP contribution in [0.25, 0.3) is 11.1 Å². The van der Waals surface area contributed by atoms with Crippen LogP contribution < -0.4 is 4.74 Å². The molecule has 0 radical (unpaired) electrons. The first-order valence-electron chi connectivity index (χ1n) is 7.17. The van der Waals surface area contributed by atoms with Crippen molar-refractivity contribution in [2.75, 3.05) is 0 Å². The molecule has 122 valence electrons. The molecule has 0 unspecified atom stereocenters. The van der Waals surface area contributed by atoms with E-state index in [2.05, 4.69) is 0 Å². The minimum Gasteiger partial charge on any atom is -0.508 e. The van der Waals surface area contributed by atoms with Gasteiger partial charge in [0.15, 0.2) is 0 Å². The molecule has 0 amide bonds. The van der Waals surface area contributed by atoms with Crippen LogP contribution in [0.1, 0.15) is 5.56 Å². The standard InChI is InChI=1S/C19H13F3O2/c20-19(21,22)14-7-11-16(12-8-14)24-18-4-2-1-3-17(18)13-5-9-15(23)10-6-13/h1-12,23H. The van der Waals surface area contributed by atoms with Gasteiger partial charge >= 0.3 is 6.18 Å². The fourth-order valence-electron chi connectivity index (χ4n) is 2.27. The van der Waals surface area contributed by atoms with Gasteiger partial charge in [-0.2, -0.15) is 13.2 Å². The third-order valence-corrected chi connectivity index (χ3v) is 3.47. The Morgan fingerprint density at radius 1 is 0.750 bits per heavy atom. The smallest absolute Gasteiger partial charge is 0.416 e. The summed E-state index contributed by atoms with van der Waals surface area (Å²) in [6.45, 7) is 0. The summed E-state index contributed by atoms with van der Waals surface area (Å²) in [6, 6.07) is 18.3. The van der Waals surface area contributed by atoms with Gasteiger partial charge in [-0.25, -0.2) is 0 Å². The van der Waals surface area contributed by atoms with E-state index in [-0.39, 0.29) is 5.75 Å². The van der Waals surface area contributed by atoms with Crippen molar-refractivity contribution < 1.29 is 23.0 Å². The van der Waals surface area contributed by atoms with Crippen LogP contribution in [0, 0.1) is 0 Å². The van der Waals surface area contributed by atoms with Crippen molar-refractivity contribution in [3.8, 4) is 28.4 Å². The molecule has 0 bridgehead atoms. The van der Waals surface area contributed by atoms with Gasteiger partial charge in [-0.3, -0.25) is 0 Å². The molecule has 0 fully saturated rings. The number of aromatic hydroxyl groups is 1. The first-order chi connectivity index (χ1) is 11.4. The SMILES string of the molecule is Oc1ccc(-c2ccccc2Oc2ccc(C(F)(F)F)cc2)cc1. The minimum absolute atomic E-state index is 0.153. The second kappa shape index (κ2) is 6.28. The number of phenols is 1. The predicted octanol–water partition coefficient (Wildman–Crippen LogP) is 5.87. The highest BCUT2D eigenvalue weighted by atomic mass is 19.4. The fraction of sp³-hybridized carbons (Fsp3) is 0.0526. The number of phenolic OH excluding ortho intramolecular Hbond substituents is 1. The average Bonchev–Trinajstić information content (AvgIpc) is 2.56. The van der Waals surface area contributed by atoms with Crippen LogP contribution in [-0.4, -0.2) is 5.11 Å². The van der Waals surface area contributed by atoms with Crippen LogP contribution in [-0.2, 0) is 6.18 Å². The molecule has 0 aliphatic carbocycles. The Hall–Kier alpha value is -2.95. The molecule has 0 saturated carbocycles. The number of alkyl halides is 3. The number of halogens is 3. The maximum Gasteiger partial charge on any atom is 0.416 e. The Morgan fingerprint density at radius 3 is 2.00 bits per heavy atom. The van der Waals surface area contributed by atoms with Gasteiger partial charge < -0.3 is 9.84 Å². The van der Waals surface area contributed by atoms with Crippen LogP contribution in [0.5, 0.6) is 17.2 Å². The van der Waals surface area contributed by atoms with Crippen LogP contribution >= 0.6 is 0 Å². The first kappa shape index (κ1) is 15.9. The van der Waals surface area contributed by atoms with E-state index in [1.165, 1.54) is 12.1 Å². The largest absolute Gasteiger partial charge is 0.508 e. The van der Waals surface area contributed by atoms with E-state index in [0.29, 0.717) is 11.5 Å². The van der Waals surface area contributed by atoms with Gasteiger partial charge in [-0.1, -0.05) is 30.3 Å². The van der Waals surface area contributed by atoms with Crippen molar-refractivity contribution in [3.05, 3.63) is 78.4 Å². The maximum absolute atomic E-state index is 12.6. The molecule has 0 aliphatic rings. The minimum atomic E-state index is -4.37. The van der Waals surface area contributed by atoms with Crippen LogP contribution in [0.3, 0.4) is 0 Å². The molecule has 5 heteroatoms. The van der Waals surface area contributed by atoms with Crippen molar-refractivity contribution in [2.24, 2.45) is 0 Å². The Balaban J connectivity index is 1.89. The maximum atomic E-state index is 12.6. The first-order valence-corrected chi connectivity index (χ1v) is 7.17. The zero-order valence-electron chi connectivity index (χ0n) is 12.4. The molecule has 0 atom stereocenters. The highest BCUT2D eigenvalue weighted by Gasteiger charge is 2.30. The summed E-state index contributed by atoms with van der Waals surface area (Å²) < 4.78 is 43.5. The average molecular weight is 330 g/mol. The van der Waals surface area contributed by atoms with Gasteiger partial charge in [0.25, 0.3) is 0 Å². The topological polar surface area (TPSA) is 29.5 Å². The summed E-state index contributed by atoms with van der Waals surface area (Å²) in [6.07, 6.45) is -4.37. The number of hydrogen-bond acceptors (Lipinski definition) is 2. The van der Waals surface area contributed by atoms with Gasteiger partial charge in [0.2, 0.25) is 0 Å². The number of benzene rings is 3. The summed E-state index contributed by atoms with van der Waals surface area (Å²) in [7, 11) is 0. The van der Waals surface area contributed by atoms with Crippen LogP contribution in [0.15, 0.2) is 72.8 Å². The second-order valence-electron chi connectivity index (χ2n) is 5.17. The third kappa shape index (κ3) is 3.51. The lowest BCUT2D eigenvalue weighted by atomic mass is 10.0. The number of ether oxygens (including phenoxy) is 1. The molecule has 0 spiro atoms. The van der Waals surface area contributed by atoms with Crippen molar-refractivity contribution in [3.63, 3.8) is 0 Å². The van der Waals surface area contributed by atoms with E-state index in [0.717, 1.165) is 23.3 Å². The number of hydrogen-bond donors (Lipinski definition) is 1. The van der Waals surface area contributed by atoms with Gasteiger partial charge in [0.05, 0.1) is 5.56 Å². The summed E-state index contributed by atoms with van der Waals surface area (Å²) >= 11 is 0. The fourth-order valence-corrected chi connectivity index (χ4v) is 2.27. The molecule has 24 heavy (non-hydrogen) atoms. The van der Waals surface area contributed by atoms with Crippen LogP contribution in [0.2, 0.25) is 0 Å². The Kier molecular flexibility index (Phi) is 4.16. The molecule has 3 aromatic rings. The molecule has 0 aromatic heterocycles. The summed E-state index contributed by atoms with van der Waals surface area (Å²) in [4.78, 5) is 0. The molecule has 0 heterocycles. The Bertz CT molecular complexity index is 822. The van der Waals surface area contributed by atoms with Crippen LogP contribution in [0.4, 0.5) is 13.2 Å². The predicted molar refractivity (Wildman–Crippen MR) is 85.1 cm³/mol. The Labute approximate surface area is 136 Å². The van der Waals surface area contributed by atoms with Crippen molar-refractivity contribution >= 4 is 0 Å². The van der Waals surface area contributed by atoms with Gasteiger partial charge in [0, 0.05) is 5.56 Å². The van der Waals surface area contributed by atoms with E-state index in [1.54, 1.807) is 36.4 Å². The normalized spacial score (nSPS) is 11.3. The second-order valence-corrected chi connectivity index (χ2v) is 5.17. The van der Waals surface area contributed by atoms with Gasteiger partial charge in [0.1, 0.15) is 17.2 Å². The number of para-hydroxylation sites is 1. The lowest BCUT2D eigenvalue weighted by Crippen LogP contribution is -2.04. The Morgan fingerprint density at radius 2 is 1.38 bits per heavy atom. The summed E-state index contributed by atoms with van der Waals surface area (Å²) in [5, 5.41) is 9.38. The molecular formula is C19H13F3O2. The molecule has 0 aliphatic heterocycles. The zero-order chi connectivity index (χ0) is 17.2. The molecule has 1 N–H and O–H groups in total. The van der Waals surface area contributed by atoms with E-state index in [9.17, 15) is 18.3 Å².